The highest BCUT2D eigenvalue weighted by Crippen LogP contribution is 2.35. The molecule has 4 N–H and O–H groups in total. The van der Waals surface area contributed by atoms with Gasteiger partial charge in [0, 0.05) is 200 Å². The molecular formula is C103H124N14O18S. The van der Waals surface area contributed by atoms with E-state index in [0.717, 1.165) is 47.1 Å². The fourth-order valence-electron chi connectivity index (χ4n) is 16.3. The number of carbonyl (C=O) groups excluding carboxylic acids is 3. The van der Waals surface area contributed by atoms with Crippen LogP contribution in [-0.4, -0.2) is 259 Å². The molecule has 32 nitrogen and oxygen atoms in total. The summed E-state index contributed by atoms with van der Waals surface area (Å²) in [4.78, 5) is 95.9. The number of hydrogen-bond acceptors (Lipinski definition) is 22. The van der Waals surface area contributed by atoms with E-state index < -0.39 is 10.0 Å². The van der Waals surface area contributed by atoms with Crippen molar-refractivity contribution in [3.05, 3.63) is 297 Å². The quantitative estimate of drug-likeness (QED) is 0.0258. The summed E-state index contributed by atoms with van der Waals surface area (Å²) in [5.41, 5.74) is 7.20. The molecule has 4 aromatic heterocycles. The minimum absolute atomic E-state index is 0.00874. The predicted octanol–water partition coefficient (Wildman–Crippen LogP) is 11.2. The predicted molar refractivity (Wildman–Crippen MR) is 524 cm³/mol. The number of nitrogens with one attached hydrogen (secondary N) is 4. The summed E-state index contributed by atoms with van der Waals surface area (Å²) in [6.45, 7) is 16.4. The molecule has 3 amide bonds. The number of rotatable bonds is 44. The Morgan fingerprint density at radius 3 is 1.04 bits per heavy atom. The Balaban J connectivity index is 0.000000173. The number of imidazole rings is 3. The van der Waals surface area contributed by atoms with Gasteiger partial charge in [-0.15, -0.1) is 0 Å². The molecule has 0 unspecified atom stereocenters. The van der Waals surface area contributed by atoms with Crippen LogP contribution in [0.4, 0.5) is 0 Å². The average molecular weight is 1880 g/mol. The van der Waals surface area contributed by atoms with E-state index in [1.54, 1.807) is 74.6 Å². The largest absolute Gasteiger partial charge is 0.493 e. The first-order chi connectivity index (χ1) is 66.4. The first-order valence-corrected chi connectivity index (χ1v) is 47.9. The number of pyridine rings is 1. The molecule has 15 rings (SSSR count). The van der Waals surface area contributed by atoms with E-state index in [1.165, 1.54) is 4.57 Å². The molecule has 136 heavy (non-hydrogen) atoms. The van der Waals surface area contributed by atoms with Crippen LogP contribution in [0.5, 0.6) is 34.5 Å². The Labute approximate surface area is 793 Å². The highest BCUT2D eigenvalue weighted by Gasteiger charge is 2.36. The number of amides is 3. The van der Waals surface area contributed by atoms with Crippen LogP contribution >= 0.6 is 0 Å². The Morgan fingerprint density at radius 1 is 0.368 bits per heavy atom. The lowest BCUT2D eigenvalue weighted by Crippen LogP contribution is -2.47. The van der Waals surface area contributed by atoms with E-state index in [0.29, 0.717) is 231 Å². The molecule has 0 atom stereocenters. The van der Waals surface area contributed by atoms with Crippen molar-refractivity contribution in [2.45, 2.75) is 59.2 Å². The van der Waals surface area contributed by atoms with Gasteiger partial charge in [0.15, 0.2) is 0 Å². The Kier molecular flexibility index (Phi) is 37.9. The van der Waals surface area contributed by atoms with Crippen molar-refractivity contribution >= 4 is 27.7 Å². The summed E-state index contributed by atoms with van der Waals surface area (Å²) >= 11 is 0. The second-order valence-corrected chi connectivity index (χ2v) is 34.9. The molecule has 3 fully saturated rings. The van der Waals surface area contributed by atoms with E-state index in [4.69, 9.17) is 47.4 Å². The topological polar surface area (TPSA) is 329 Å². The average Bonchev–Trinajstić information content (AvgIpc) is 1.60. The van der Waals surface area contributed by atoms with Crippen molar-refractivity contribution in [3.63, 3.8) is 0 Å². The van der Waals surface area contributed by atoms with Gasteiger partial charge in [0.1, 0.15) is 71.4 Å². The Morgan fingerprint density at radius 2 is 0.691 bits per heavy atom. The number of hydrogen-bond donors (Lipinski definition) is 4. The first kappa shape index (κ1) is 100. The molecule has 0 bridgehead atoms. The van der Waals surface area contributed by atoms with Crippen molar-refractivity contribution in [2.75, 3.05) is 185 Å². The molecule has 7 heterocycles. The first-order valence-electron chi connectivity index (χ1n) is 46.3. The van der Waals surface area contributed by atoms with Crippen molar-refractivity contribution < 1.29 is 70.2 Å². The Hall–Kier alpha value is -13.2. The van der Waals surface area contributed by atoms with Crippen molar-refractivity contribution in [3.8, 4) is 85.3 Å². The van der Waals surface area contributed by atoms with E-state index in [1.807, 2.05) is 242 Å². The lowest BCUT2D eigenvalue weighted by Gasteiger charge is -2.28. The number of methoxy groups -OCH3 is 4. The summed E-state index contributed by atoms with van der Waals surface area (Å²) in [6.07, 6.45) is 5.87. The van der Waals surface area contributed by atoms with E-state index >= 15 is 0 Å². The summed E-state index contributed by atoms with van der Waals surface area (Å²) < 4.78 is 92.9. The third-order valence-electron chi connectivity index (χ3n) is 22.6. The fraction of sp³-hybridized carbons (Fsp3) is 0.369. The molecule has 12 aromatic rings. The van der Waals surface area contributed by atoms with Crippen LogP contribution in [0, 0.1) is 5.92 Å². The molecule has 33 heteroatoms. The number of aromatic nitrogens is 7. The molecule has 3 saturated heterocycles. The number of sulfonamides is 1. The van der Waals surface area contributed by atoms with Gasteiger partial charge in [-0.2, -0.15) is 0 Å². The molecule has 0 spiro atoms. The van der Waals surface area contributed by atoms with Crippen LogP contribution in [0.1, 0.15) is 82.1 Å². The second-order valence-electron chi connectivity index (χ2n) is 33.0. The van der Waals surface area contributed by atoms with Crippen LogP contribution in [-0.2, 0) is 48.6 Å². The van der Waals surface area contributed by atoms with Crippen LogP contribution in [0.3, 0.4) is 0 Å². The zero-order valence-electron chi connectivity index (χ0n) is 78.2. The van der Waals surface area contributed by atoms with Gasteiger partial charge in [0.2, 0.25) is 10.0 Å². The third kappa shape index (κ3) is 27.3. The number of piperazine rings is 3. The zero-order chi connectivity index (χ0) is 95.4. The van der Waals surface area contributed by atoms with Gasteiger partial charge >= 0.3 is 17.1 Å². The lowest BCUT2D eigenvalue weighted by molar-refractivity contribution is 0.0718. The smallest absolute Gasteiger partial charge is 0.334 e. The van der Waals surface area contributed by atoms with Crippen molar-refractivity contribution in [2.24, 2.45) is 5.92 Å². The van der Waals surface area contributed by atoms with Gasteiger partial charge in [-0.3, -0.25) is 46.8 Å². The molecule has 3 aliphatic rings. The van der Waals surface area contributed by atoms with Crippen LogP contribution < -0.4 is 66.2 Å². The highest BCUT2D eigenvalue weighted by atomic mass is 32.2. The summed E-state index contributed by atoms with van der Waals surface area (Å²) in [6, 6.07) is 69.5. The minimum Gasteiger partial charge on any atom is -0.493 e. The minimum atomic E-state index is -3.44. The van der Waals surface area contributed by atoms with Gasteiger partial charge in [-0.25, -0.2) is 27.5 Å². The second kappa shape index (κ2) is 51.5. The number of ether oxygens (including phenoxy) is 10. The standard InChI is InChI=1S/C38H41N5O6.C34H40N4O6.C31H43N5O6S/c1-46-21-8-22-47-33-14-6-12-31(26-33)43-35(30-10-3-2-4-11-30)36(37(44)41-19-17-39-18-20-41)42(38(43)45)28-29-9-5-13-32(25-29)48-23-24-49-34-15-7-16-40-27-34;1-41-19-8-20-43-30-14-7-12-28(24-30)38-31(27-10-4-3-5-11-27)32(33(39)36-17-15-35-16-18-36)37(34(38)40)25-26-9-6-13-29(23-26)44-22-21-42-2;1-24(2)23-43(39,40)33-14-8-17-35-29(30(37)34-18-15-32-16-19-34)28(25-10-5-4-6-11-25)36(31(35)38)26-12-7-13-27(22-26)42-21-9-20-41-3/h2-7,9-16,25-27,39H,8,17-24,28H2,1H3;3-7,9-14,23-24,35H,8,15-22,25H2,1-2H3;4-7,10-13,22,24,32-33H,8-9,14-21,23H2,1-3H3. The Bertz CT molecular complexity index is 6130. The molecule has 3 aliphatic heterocycles. The normalized spacial score (nSPS) is 13.3. The van der Waals surface area contributed by atoms with Gasteiger partial charge in [0.05, 0.1) is 85.6 Å². The fourth-order valence-corrected chi connectivity index (χ4v) is 17.7. The number of carbonyl (C=O) groups is 3. The highest BCUT2D eigenvalue weighted by molar-refractivity contribution is 7.89. The van der Waals surface area contributed by atoms with Gasteiger partial charge < -0.3 is 78.0 Å². The monoisotopic (exact) mass is 1880 g/mol. The maximum Gasteiger partial charge on any atom is 0.334 e. The van der Waals surface area contributed by atoms with Crippen molar-refractivity contribution in [1.82, 2.24) is 67.8 Å². The number of benzene rings is 8. The molecule has 720 valence electrons. The molecule has 8 aromatic carbocycles. The van der Waals surface area contributed by atoms with Gasteiger partial charge in [-0.1, -0.05) is 147 Å². The zero-order valence-corrected chi connectivity index (χ0v) is 79.1. The molecule has 0 saturated carbocycles. The maximum atomic E-state index is 14.6. The summed E-state index contributed by atoms with van der Waals surface area (Å²) in [5, 5.41) is 9.90. The van der Waals surface area contributed by atoms with Crippen LogP contribution in [0.25, 0.3) is 50.8 Å². The number of nitrogens with zero attached hydrogens (tertiary/aromatic N) is 10. The van der Waals surface area contributed by atoms with E-state index in [2.05, 4.69) is 25.7 Å². The lowest BCUT2D eigenvalue weighted by atomic mass is 10.1. The van der Waals surface area contributed by atoms with Crippen molar-refractivity contribution in [1.29, 1.82) is 0 Å². The molecular weight excluding hydrogens is 1750 g/mol. The molecule has 0 radical (unpaired) electrons. The third-order valence-corrected chi connectivity index (χ3v) is 24.4. The van der Waals surface area contributed by atoms with Gasteiger partial charge in [-0.05, 0) is 96.3 Å². The van der Waals surface area contributed by atoms with E-state index in [-0.39, 0.29) is 78.3 Å². The molecule has 0 aliphatic carbocycles. The van der Waals surface area contributed by atoms with Crippen LogP contribution in [0.15, 0.2) is 251 Å². The SMILES string of the molecule is COCCCOc1cccc(-n2c(-c3ccccc3)c(C(=O)N3CCNCC3)n(CCCNS(=O)(=O)CC(C)C)c2=O)c1.COCCCOc1cccc(-n2c(-c3ccccc3)c(C(=O)N3CCNCC3)n(Cc3cccc(OCCOC)c3)c2=O)c1.COCCCOc1cccc(-n2c(-c3ccccc3)c(C(=O)N3CCNCC3)n(Cc3cccc(OCCOc4cccnc4)c3)c2=O)c1. The summed E-state index contributed by atoms with van der Waals surface area (Å²) in [5.74, 6) is 3.24. The van der Waals surface area contributed by atoms with E-state index in [9.17, 15) is 37.2 Å². The van der Waals surface area contributed by atoms with Gasteiger partial charge in [0.25, 0.3) is 17.7 Å². The summed E-state index contributed by atoms with van der Waals surface area (Å²) in [7, 11) is 3.15. The maximum absolute atomic E-state index is 14.6. The van der Waals surface area contributed by atoms with Crippen LogP contribution in [0.2, 0.25) is 0 Å².